The van der Waals surface area contributed by atoms with E-state index in [-0.39, 0.29) is 24.4 Å². The van der Waals surface area contributed by atoms with Crippen molar-refractivity contribution in [1.82, 2.24) is 25.5 Å². The number of nitrogens with zero attached hydrogens (tertiary/aromatic N) is 5. The molecular weight excluding hydrogens is 492 g/mol. The number of hydrogen-bond acceptors (Lipinski definition) is 7. The molecule has 3 aromatic heterocycles. The van der Waals surface area contributed by atoms with Crippen LogP contribution in [-0.2, 0) is 22.6 Å². The van der Waals surface area contributed by atoms with Crippen molar-refractivity contribution in [3.05, 3.63) is 69.7 Å². The maximum absolute atomic E-state index is 13.9. The zero-order valence-corrected chi connectivity index (χ0v) is 21.7. The summed E-state index contributed by atoms with van der Waals surface area (Å²) in [5.74, 6) is 0.0304. The van der Waals surface area contributed by atoms with Crippen molar-refractivity contribution in [2.45, 2.75) is 57.7 Å². The van der Waals surface area contributed by atoms with E-state index in [1.165, 1.54) is 27.5 Å². The van der Waals surface area contributed by atoms with Crippen LogP contribution in [0.4, 0.5) is 5.69 Å². The normalized spacial score (nSPS) is 14.6. The number of anilines is 1. The molecule has 5 rings (SSSR count). The first-order chi connectivity index (χ1) is 17.6. The highest BCUT2D eigenvalue weighted by atomic mass is 32.1. The summed E-state index contributed by atoms with van der Waals surface area (Å²) in [7, 11) is 0. The molecule has 1 saturated carbocycles. The van der Waals surface area contributed by atoms with Gasteiger partial charge in [-0.15, -0.1) is 32.9 Å². The molecule has 0 spiro atoms. The molecule has 0 radical (unpaired) electrons. The number of benzene rings is 1. The van der Waals surface area contributed by atoms with Gasteiger partial charge in [0.05, 0.1) is 4.88 Å². The molecule has 186 valence electrons. The van der Waals surface area contributed by atoms with Gasteiger partial charge in [0.25, 0.3) is 5.91 Å². The first-order valence-corrected chi connectivity index (χ1v) is 13.9. The van der Waals surface area contributed by atoms with E-state index in [2.05, 4.69) is 27.7 Å². The second kappa shape index (κ2) is 11.1. The van der Waals surface area contributed by atoms with Gasteiger partial charge in [0, 0.05) is 16.6 Å². The number of carbonyl (C=O) groups is 2. The highest BCUT2D eigenvalue weighted by Crippen LogP contribution is 2.32. The van der Waals surface area contributed by atoms with Crippen LogP contribution in [-0.4, -0.2) is 38.1 Å². The van der Waals surface area contributed by atoms with Crippen molar-refractivity contribution in [1.29, 1.82) is 0 Å². The molecule has 1 fully saturated rings. The van der Waals surface area contributed by atoms with Gasteiger partial charge in [0.2, 0.25) is 11.7 Å². The van der Waals surface area contributed by atoms with E-state index in [1.807, 2.05) is 59.3 Å². The highest BCUT2D eigenvalue weighted by molar-refractivity contribution is 7.13. The number of rotatable bonds is 9. The van der Waals surface area contributed by atoms with Crippen LogP contribution in [0.25, 0.3) is 10.7 Å². The molecule has 36 heavy (non-hydrogen) atoms. The largest absolute Gasteiger partial charge is 0.351 e. The Labute approximate surface area is 218 Å². The number of nitrogens with one attached hydrogen (secondary N) is 1. The van der Waals surface area contributed by atoms with Gasteiger partial charge in [0.15, 0.2) is 0 Å². The third-order valence-corrected chi connectivity index (χ3v) is 8.17. The molecule has 1 unspecified atom stereocenters. The lowest BCUT2D eigenvalue weighted by Gasteiger charge is -2.31. The molecule has 10 heteroatoms. The van der Waals surface area contributed by atoms with Crippen molar-refractivity contribution in [2.24, 2.45) is 0 Å². The zero-order valence-electron chi connectivity index (χ0n) is 20.0. The van der Waals surface area contributed by atoms with E-state index in [0.29, 0.717) is 11.5 Å². The topological polar surface area (TPSA) is 93.0 Å². The molecule has 0 saturated heterocycles. The molecular formula is C26H28N6O2S2. The minimum atomic E-state index is -0.786. The summed E-state index contributed by atoms with van der Waals surface area (Å²) in [6.45, 7) is 1.95. The summed E-state index contributed by atoms with van der Waals surface area (Å²) < 4.78 is 0. The van der Waals surface area contributed by atoms with Crippen LogP contribution in [0.15, 0.2) is 59.3 Å². The molecule has 1 atom stereocenters. The molecule has 4 aromatic rings. The number of aryl methyl sites for hydroxylation is 1. The Kier molecular flexibility index (Phi) is 7.52. The number of tetrazole rings is 1. The summed E-state index contributed by atoms with van der Waals surface area (Å²) in [6.07, 6.45) is 5.05. The number of hydrogen-bond donors (Lipinski definition) is 1. The van der Waals surface area contributed by atoms with Crippen LogP contribution in [0.5, 0.6) is 0 Å². The Bertz CT molecular complexity index is 1280. The fraction of sp³-hybridized carbons (Fsp3) is 0.346. The molecule has 3 heterocycles. The van der Waals surface area contributed by atoms with Gasteiger partial charge in [-0.1, -0.05) is 44.0 Å². The minimum Gasteiger partial charge on any atom is -0.351 e. The van der Waals surface area contributed by atoms with Gasteiger partial charge in [-0.25, -0.2) is 0 Å². The van der Waals surface area contributed by atoms with E-state index < -0.39 is 6.04 Å². The fourth-order valence-electron chi connectivity index (χ4n) is 4.51. The van der Waals surface area contributed by atoms with Crippen molar-refractivity contribution < 1.29 is 9.59 Å². The molecule has 8 nitrogen and oxygen atoms in total. The lowest BCUT2D eigenvalue weighted by molar-refractivity contribution is -0.127. The summed E-state index contributed by atoms with van der Waals surface area (Å²) >= 11 is 2.98. The molecule has 0 bridgehead atoms. The molecule has 1 aliphatic carbocycles. The van der Waals surface area contributed by atoms with Crippen LogP contribution in [0.3, 0.4) is 0 Å². The second-order valence-corrected chi connectivity index (χ2v) is 10.7. The predicted octanol–water partition coefficient (Wildman–Crippen LogP) is 4.86. The van der Waals surface area contributed by atoms with Gasteiger partial charge < -0.3 is 5.32 Å². The molecule has 1 N–H and O–H groups in total. The molecule has 0 aliphatic heterocycles. The summed E-state index contributed by atoms with van der Waals surface area (Å²) in [4.78, 5) is 32.1. The van der Waals surface area contributed by atoms with Gasteiger partial charge in [-0.3, -0.25) is 14.5 Å². The lowest BCUT2D eigenvalue weighted by Crippen LogP contribution is -2.47. The Morgan fingerprint density at radius 2 is 1.83 bits per heavy atom. The quantitative estimate of drug-likeness (QED) is 0.340. The predicted molar refractivity (Wildman–Crippen MR) is 142 cm³/mol. The van der Waals surface area contributed by atoms with Gasteiger partial charge in [0.1, 0.15) is 12.6 Å². The van der Waals surface area contributed by atoms with E-state index >= 15 is 0 Å². The Morgan fingerprint density at radius 1 is 1.08 bits per heavy atom. The summed E-state index contributed by atoms with van der Waals surface area (Å²) in [6, 6.07) is 14.8. The molecule has 1 aromatic carbocycles. The highest BCUT2D eigenvalue weighted by Gasteiger charge is 2.35. The van der Waals surface area contributed by atoms with E-state index in [4.69, 9.17) is 0 Å². The molecule has 1 aliphatic rings. The SMILES string of the molecule is CCc1ccc(N(C(=O)Cn2nnc(-c3cccs3)n2)C(C(=O)NC2CCCC2)c2cccs2)cc1. The van der Waals surface area contributed by atoms with Gasteiger partial charge >= 0.3 is 0 Å². The van der Waals surface area contributed by atoms with E-state index in [1.54, 1.807) is 4.90 Å². The average Bonchev–Trinajstić information content (AvgIpc) is 3.70. The third-order valence-electron chi connectivity index (χ3n) is 6.38. The monoisotopic (exact) mass is 520 g/mol. The number of thiophene rings is 2. The first kappa shape index (κ1) is 24.3. The van der Waals surface area contributed by atoms with Crippen LogP contribution < -0.4 is 10.2 Å². The Balaban J connectivity index is 1.48. The van der Waals surface area contributed by atoms with Crippen molar-refractivity contribution in [3.63, 3.8) is 0 Å². The number of aromatic nitrogens is 4. The maximum Gasteiger partial charge on any atom is 0.251 e. The number of carbonyl (C=O) groups excluding carboxylic acids is 2. The standard InChI is InChI=1S/C26H28N6O2S2/c1-2-18-11-13-20(14-12-18)32(23(33)17-31-29-25(28-30-31)22-10-6-16-36-22)24(21-9-5-15-35-21)26(34)27-19-7-3-4-8-19/h5-6,9-16,19,24H,2-4,7-8,17H2,1H3,(H,27,34). The second-order valence-electron chi connectivity index (χ2n) is 8.81. The van der Waals surface area contributed by atoms with Crippen LogP contribution in [0.1, 0.15) is 49.1 Å². The van der Waals surface area contributed by atoms with Gasteiger partial charge in [-0.2, -0.15) is 4.80 Å². The van der Waals surface area contributed by atoms with Crippen LogP contribution in [0, 0.1) is 0 Å². The Morgan fingerprint density at radius 3 is 2.50 bits per heavy atom. The summed E-state index contributed by atoms with van der Waals surface area (Å²) in [5, 5.41) is 19.7. The fourth-order valence-corrected chi connectivity index (χ4v) is 5.97. The van der Waals surface area contributed by atoms with Gasteiger partial charge in [-0.05, 0) is 65.1 Å². The smallest absolute Gasteiger partial charge is 0.251 e. The minimum absolute atomic E-state index is 0.132. The van der Waals surface area contributed by atoms with Crippen molar-refractivity contribution in [2.75, 3.05) is 4.90 Å². The van der Waals surface area contributed by atoms with Crippen LogP contribution >= 0.6 is 22.7 Å². The maximum atomic E-state index is 13.9. The average molecular weight is 521 g/mol. The lowest BCUT2D eigenvalue weighted by atomic mass is 10.1. The summed E-state index contributed by atoms with van der Waals surface area (Å²) in [5.41, 5.74) is 1.82. The van der Waals surface area contributed by atoms with E-state index in [0.717, 1.165) is 47.4 Å². The Hall–Kier alpha value is -3.37. The third kappa shape index (κ3) is 5.39. The number of amides is 2. The van der Waals surface area contributed by atoms with Crippen LogP contribution in [0.2, 0.25) is 0 Å². The van der Waals surface area contributed by atoms with Crippen molar-refractivity contribution >= 4 is 40.2 Å². The first-order valence-electron chi connectivity index (χ1n) is 12.2. The van der Waals surface area contributed by atoms with Crippen molar-refractivity contribution in [3.8, 4) is 10.7 Å². The van der Waals surface area contributed by atoms with E-state index in [9.17, 15) is 9.59 Å². The molecule has 2 amide bonds. The zero-order chi connectivity index (χ0) is 24.9.